The van der Waals surface area contributed by atoms with E-state index in [1.165, 1.54) is 0 Å². The normalized spacial score (nSPS) is 24.1. The van der Waals surface area contributed by atoms with Gasteiger partial charge in [0.25, 0.3) is 0 Å². The van der Waals surface area contributed by atoms with Crippen LogP contribution >= 0.6 is 0 Å². The highest BCUT2D eigenvalue weighted by molar-refractivity contribution is 7.89. The van der Waals surface area contributed by atoms with Crippen molar-refractivity contribution in [2.45, 2.75) is 63.6 Å². The summed E-state index contributed by atoms with van der Waals surface area (Å²) in [6.07, 6.45) is 3.00. The number of piperidine rings is 1. The van der Waals surface area contributed by atoms with E-state index < -0.39 is 10.0 Å². The summed E-state index contributed by atoms with van der Waals surface area (Å²) in [7, 11) is -3.40. The topological polar surface area (TPSA) is 49.4 Å². The summed E-state index contributed by atoms with van der Waals surface area (Å²) >= 11 is 0. The molecular formula is C16H26N2O2S. The standard InChI is InChI=1S/C16H26N2O2S/c1-4-17-12-15-9-6-10-16(11-15)21(19,20)18-13(2)7-5-8-14(18)3/h6,9-11,13-14,17H,4-5,7-8,12H2,1-3H3/t13-,14+. The molecule has 1 fully saturated rings. The van der Waals surface area contributed by atoms with Gasteiger partial charge in [0, 0.05) is 18.6 Å². The maximum absolute atomic E-state index is 12.9. The van der Waals surface area contributed by atoms with Gasteiger partial charge in [-0.1, -0.05) is 25.5 Å². The molecule has 4 nitrogen and oxygen atoms in total. The van der Waals surface area contributed by atoms with E-state index in [-0.39, 0.29) is 12.1 Å². The molecule has 0 aliphatic carbocycles. The minimum atomic E-state index is -3.40. The van der Waals surface area contributed by atoms with Crippen LogP contribution in [0.2, 0.25) is 0 Å². The highest BCUT2D eigenvalue weighted by atomic mass is 32.2. The van der Waals surface area contributed by atoms with Gasteiger partial charge in [0.15, 0.2) is 0 Å². The zero-order chi connectivity index (χ0) is 15.5. The predicted molar refractivity (Wildman–Crippen MR) is 85.6 cm³/mol. The lowest BCUT2D eigenvalue weighted by atomic mass is 10.0. The van der Waals surface area contributed by atoms with E-state index >= 15 is 0 Å². The van der Waals surface area contributed by atoms with Gasteiger partial charge in [-0.3, -0.25) is 0 Å². The maximum atomic E-state index is 12.9. The lowest BCUT2D eigenvalue weighted by Gasteiger charge is -2.37. The quantitative estimate of drug-likeness (QED) is 0.910. The molecule has 1 aliphatic heterocycles. The fourth-order valence-corrected chi connectivity index (χ4v) is 5.03. The number of rotatable bonds is 5. The van der Waals surface area contributed by atoms with E-state index in [0.717, 1.165) is 31.4 Å². The summed E-state index contributed by atoms with van der Waals surface area (Å²) in [5.41, 5.74) is 1.01. The summed E-state index contributed by atoms with van der Waals surface area (Å²) in [5.74, 6) is 0. The van der Waals surface area contributed by atoms with Crippen molar-refractivity contribution >= 4 is 10.0 Å². The van der Waals surface area contributed by atoms with Gasteiger partial charge >= 0.3 is 0 Å². The summed E-state index contributed by atoms with van der Waals surface area (Å²) in [5, 5.41) is 3.23. The van der Waals surface area contributed by atoms with Gasteiger partial charge in [0.2, 0.25) is 10.0 Å². The smallest absolute Gasteiger partial charge is 0.243 e. The van der Waals surface area contributed by atoms with Crippen LogP contribution in [-0.4, -0.2) is 31.4 Å². The maximum Gasteiger partial charge on any atom is 0.243 e. The Morgan fingerprint density at radius 3 is 2.52 bits per heavy atom. The molecule has 0 aromatic heterocycles. The molecular weight excluding hydrogens is 284 g/mol. The number of hydrogen-bond acceptors (Lipinski definition) is 3. The minimum Gasteiger partial charge on any atom is -0.313 e. The molecule has 1 saturated heterocycles. The molecule has 0 radical (unpaired) electrons. The van der Waals surface area contributed by atoms with E-state index in [9.17, 15) is 8.42 Å². The second-order valence-corrected chi connectivity index (χ2v) is 7.73. The molecule has 0 spiro atoms. The fraction of sp³-hybridized carbons (Fsp3) is 0.625. The van der Waals surface area contributed by atoms with Gasteiger partial charge in [0.1, 0.15) is 0 Å². The summed E-state index contributed by atoms with van der Waals surface area (Å²) in [6, 6.07) is 7.46. The van der Waals surface area contributed by atoms with Crippen LogP contribution in [0.5, 0.6) is 0 Å². The molecule has 5 heteroatoms. The molecule has 0 amide bonds. The number of sulfonamides is 1. The molecule has 21 heavy (non-hydrogen) atoms. The van der Waals surface area contributed by atoms with E-state index in [4.69, 9.17) is 0 Å². The van der Waals surface area contributed by atoms with Gasteiger partial charge < -0.3 is 5.32 Å². The second-order valence-electron chi connectivity index (χ2n) is 5.89. The highest BCUT2D eigenvalue weighted by Gasteiger charge is 2.35. The Hall–Kier alpha value is -0.910. The highest BCUT2D eigenvalue weighted by Crippen LogP contribution is 2.29. The molecule has 1 N–H and O–H groups in total. The summed E-state index contributed by atoms with van der Waals surface area (Å²) in [4.78, 5) is 0.415. The predicted octanol–water partition coefficient (Wildman–Crippen LogP) is 2.75. The van der Waals surface area contributed by atoms with Crippen LogP contribution in [-0.2, 0) is 16.6 Å². The third-order valence-electron chi connectivity index (χ3n) is 4.17. The molecule has 1 aliphatic rings. The molecule has 1 aromatic carbocycles. The number of nitrogens with one attached hydrogen (secondary N) is 1. The van der Waals surface area contributed by atoms with Crippen LogP contribution in [0.25, 0.3) is 0 Å². The van der Waals surface area contributed by atoms with E-state index in [1.54, 1.807) is 16.4 Å². The molecule has 0 unspecified atom stereocenters. The van der Waals surface area contributed by atoms with Crippen molar-refractivity contribution in [2.75, 3.05) is 6.54 Å². The Kier molecular flexibility index (Phi) is 5.41. The first-order valence-corrected chi connectivity index (χ1v) is 9.24. The lowest BCUT2D eigenvalue weighted by molar-refractivity contribution is 0.204. The zero-order valence-corrected chi connectivity index (χ0v) is 14.0. The van der Waals surface area contributed by atoms with Gasteiger partial charge in [0.05, 0.1) is 4.90 Å². The van der Waals surface area contributed by atoms with Crippen LogP contribution in [0.1, 0.15) is 45.6 Å². The SMILES string of the molecule is CCNCc1cccc(S(=O)(=O)N2[C@H](C)CCC[C@@H]2C)c1. The average Bonchev–Trinajstić information content (AvgIpc) is 2.45. The number of hydrogen-bond donors (Lipinski definition) is 1. The second kappa shape index (κ2) is 6.90. The Balaban J connectivity index is 2.30. The largest absolute Gasteiger partial charge is 0.313 e. The molecule has 0 bridgehead atoms. The van der Waals surface area contributed by atoms with E-state index in [1.807, 2.05) is 32.9 Å². The first-order valence-electron chi connectivity index (χ1n) is 7.80. The number of nitrogens with zero attached hydrogens (tertiary/aromatic N) is 1. The van der Waals surface area contributed by atoms with Crippen molar-refractivity contribution in [1.82, 2.24) is 9.62 Å². The van der Waals surface area contributed by atoms with Crippen LogP contribution in [0.15, 0.2) is 29.2 Å². The van der Waals surface area contributed by atoms with Crippen molar-refractivity contribution < 1.29 is 8.42 Å². The first-order chi connectivity index (χ1) is 9.96. The van der Waals surface area contributed by atoms with Crippen molar-refractivity contribution in [3.8, 4) is 0 Å². The van der Waals surface area contributed by atoms with Gasteiger partial charge in [-0.05, 0) is 50.9 Å². The molecule has 0 saturated carbocycles. The summed E-state index contributed by atoms with van der Waals surface area (Å²) < 4.78 is 27.6. The molecule has 118 valence electrons. The van der Waals surface area contributed by atoms with E-state index in [2.05, 4.69) is 5.32 Å². The van der Waals surface area contributed by atoms with Gasteiger partial charge in [-0.15, -0.1) is 0 Å². The Morgan fingerprint density at radius 1 is 1.24 bits per heavy atom. The fourth-order valence-electron chi connectivity index (χ4n) is 3.08. The molecule has 2 atom stereocenters. The minimum absolute atomic E-state index is 0.0798. The molecule has 2 rings (SSSR count). The number of benzene rings is 1. The van der Waals surface area contributed by atoms with Crippen LogP contribution < -0.4 is 5.32 Å². The Bertz CT molecular complexity index is 561. The Morgan fingerprint density at radius 2 is 1.90 bits per heavy atom. The zero-order valence-electron chi connectivity index (χ0n) is 13.2. The van der Waals surface area contributed by atoms with Crippen LogP contribution in [0.4, 0.5) is 0 Å². The van der Waals surface area contributed by atoms with Crippen LogP contribution in [0.3, 0.4) is 0 Å². The van der Waals surface area contributed by atoms with Gasteiger partial charge in [-0.2, -0.15) is 4.31 Å². The average molecular weight is 310 g/mol. The van der Waals surface area contributed by atoms with Crippen molar-refractivity contribution in [2.24, 2.45) is 0 Å². The molecule has 1 heterocycles. The summed E-state index contributed by atoms with van der Waals surface area (Å²) in [6.45, 7) is 7.63. The third-order valence-corrected chi connectivity index (χ3v) is 6.29. The molecule has 1 aromatic rings. The van der Waals surface area contributed by atoms with Crippen molar-refractivity contribution in [3.63, 3.8) is 0 Å². The Labute approximate surface area is 128 Å². The lowest BCUT2D eigenvalue weighted by Crippen LogP contribution is -2.47. The van der Waals surface area contributed by atoms with Crippen LogP contribution in [0, 0.1) is 0 Å². The van der Waals surface area contributed by atoms with Crippen molar-refractivity contribution in [3.05, 3.63) is 29.8 Å². The van der Waals surface area contributed by atoms with Gasteiger partial charge in [-0.25, -0.2) is 8.42 Å². The van der Waals surface area contributed by atoms with Crippen molar-refractivity contribution in [1.29, 1.82) is 0 Å². The third kappa shape index (κ3) is 3.65. The first kappa shape index (κ1) is 16.5. The van der Waals surface area contributed by atoms with E-state index in [0.29, 0.717) is 11.4 Å². The monoisotopic (exact) mass is 310 g/mol.